The van der Waals surface area contributed by atoms with Crippen LogP contribution in [0.15, 0.2) is 109 Å². The van der Waals surface area contributed by atoms with Crippen LogP contribution in [0.1, 0.15) is 147 Å². The molecule has 10 atom stereocenters. The summed E-state index contributed by atoms with van der Waals surface area (Å²) in [5, 5.41) is 3.01. The van der Waals surface area contributed by atoms with Gasteiger partial charge in [0.25, 0.3) is 36.2 Å². The number of primary amides is 2. The summed E-state index contributed by atoms with van der Waals surface area (Å²) < 4.78 is 20.1. The highest BCUT2D eigenvalue weighted by atomic mass is 32.2. The van der Waals surface area contributed by atoms with Gasteiger partial charge in [-0.3, -0.25) is 38.6 Å². The van der Waals surface area contributed by atoms with E-state index in [1.54, 1.807) is 125 Å². The fraction of sp³-hybridized carbons (Fsp3) is 0.400. The van der Waals surface area contributed by atoms with Crippen molar-refractivity contribution in [3.05, 3.63) is 143 Å². The third-order valence-corrected chi connectivity index (χ3v) is 19.1. The molecule has 4 fully saturated rings. The number of ether oxygens (including phenoxy) is 4. The predicted octanol–water partition coefficient (Wildman–Crippen LogP) is 5.32. The van der Waals surface area contributed by atoms with Gasteiger partial charge in [-0.15, -0.1) is 23.5 Å². The molecule has 4 unspecified atom stereocenters. The Morgan fingerprint density at radius 2 is 0.860 bits per heavy atom. The number of rotatable bonds is 21. The van der Waals surface area contributed by atoms with E-state index in [1.807, 2.05) is 0 Å². The highest BCUT2D eigenvalue weighted by Crippen LogP contribution is 2.55. The summed E-state index contributed by atoms with van der Waals surface area (Å²) in [5.74, 6) is -7.86. The van der Waals surface area contributed by atoms with E-state index in [0.717, 1.165) is 9.80 Å². The lowest BCUT2D eigenvalue weighted by Crippen LogP contribution is -2.73. The first-order valence-electron chi connectivity index (χ1n) is 27.9. The lowest BCUT2D eigenvalue weighted by Gasteiger charge is -2.48. The smallest absolute Gasteiger partial charge is 0.342 e. The van der Waals surface area contributed by atoms with Crippen LogP contribution in [0, 0.1) is 0 Å². The highest BCUT2D eigenvalue weighted by Gasteiger charge is 2.69. The Balaban J connectivity index is 0.789. The first kappa shape index (κ1) is 60.3. The topological polar surface area (TPSA) is 331 Å². The molecule has 0 aliphatic carbocycles. The van der Waals surface area contributed by atoms with Crippen LogP contribution in [0.3, 0.4) is 0 Å². The third-order valence-electron chi connectivity index (χ3n) is 15.9. The molecular formula is C60H62N8O16S2. The molecule has 0 radical (unpaired) electrons. The second-order valence-electron chi connectivity index (χ2n) is 22.5. The summed E-state index contributed by atoms with van der Waals surface area (Å²) >= 11 is 2.36. The Hall–Kier alpha value is -8.78. The molecule has 6 heterocycles. The zero-order chi connectivity index (χ0) is 61.5. The number of hydrogen-bond donors (Lipinski definition) is 4. The van der Waals surface area contributed by atoms with Crippen LogP contribution in [0.2, 0.25) is 0 Å². The lowest BCUT2D eigenvalue weighted by atomic mass is 9.93. The minimum atomic E-state index is -1.48. The monoisotopic (exact) mass is 1210 g/mol. The van der Waals surface area contributed by atoms with Crippen molar-refractivity contribution >= 4 is 94.9 Å². The number of nitrogens with two attached hydrogens (primary N) is 2. The molecule has 4 aromatic carbocycles. The van der Waals surface area contributed by atoms with Gasteiger partial charge in [-0.25, -0.2) is 28.8 Å². The summed E-state index contributed by atoms with van der Waals surface area (Å²) in [6.07, 6.45) is -0.705. The number of carbonyl (C=O) groups excluding carboxylic acids is 12. The average molecular weight is 1220 g/mol. The molecular weight excluding hydrogens is 1150 g/mol. The molecule has 24 nitrogen and oxygen atoms in total. The molecule has 0 saturated carbocycles. The maximum atomic E-state index is 14.7. The number of urea groups is 2. The zero-order valence-electron chi connectivity index (χ0n) is 47.1. The standard InChI is InChI=1S/C60H62N8O16S2/c1-59(2)43(53(77)83-55-35-27-19-17-25-33(35)51(75)81-55)67-47(73)41(49(67)85-59)65(45(71)39(63-57(61)79)31-21-11-9-12-22-31)37(69)29-15-7-5-6-8-16-30-38(70)66(46(72)40(64-58(62)80)32-23-13-10-14-24-32)42-48(74)68-44(60(3,4)86-50(42)68)54(78)84-56-36-28-20-18-26-34(36)52(76)82-56/h9-14,17-28,39-44,49-50,55-56H,5-8,15-16,29-30H2,1-4H3,(H3,61,63,79)(H3,62,64,80)/t39?,40?,41-,42-,43+,44+,49-,50-,55?,56?/m1/s1. The molecule has 86 heavy (non-hydrogen) atoms. The normalized spacial score (nSPS) is 24.0. The number of benzene rings is 4. The second-order valence-corrected chi connectivity index (χ2v) is 26.0. The van der Waals surface area contributed by atoms with E-state index in [0.29, 0.717) is 36.8 Å². The predicted molar refractivity (Wildman–Crippen MR) is 306 cm³/mol. The third kappa shape index (κ3) is 11.5. The fourth-order valence-electron chi connectivity index (χ4n) is 11.9. The number of β-lactam (4-membered cyclic amide) rings is 2. The van der Waals surface area contributed by atoms with Gasteiger partial charge >= 0.3 is 35.9 Å². The molecule has 0 spiro atoms. The molecule has 4 aromatic rings. The van der Waals surface area contributed by atoms with Crippen molar-refractivity contribution in [2.75, 3.05) is 0 Å². The number of nitrogens with zero attached hydrogens (tertiary/aromatic N) is 4. The van der Waals surface area contributed by atoms with E-state index in [9.17, 15) is 57.5 Å². The van der Waals surface area contributed by atoms with Crippen LogP contribution < -0.4 is 22.1 Å². The Morgan fingerprint density at radius 1 is 0.523 bits per heavy atom. The number of cyclic esters (lactones) is 2. The van der Waals surface area contributed by atoms with Gasteiger partial charge in [-0.05, 0) is 63.8 Å². The Bertz CT molecular complexity index is 3220. The largest absolute Gasteiger partial charge is 0.419 e. The van der Waals surface area contributed by atoms with Crippen LogP contribution in [-0.2, 0) is 57.3 Å². The first-order valence-corrected chi connectivity index (χ1v) is 29.7. The van der Waals surface area contributed by atoms with E-state index in [1.165, 1.54) is 45.5 Å². The minimum Gasteiger partial charge on any atom is -0.419 e. The van der Waals surface area contributed by atoms with Gasteiger partial charge in [0, 0.05) is 33.5 Å². The van der Waals surface area contributed by atoms with Gasteiger partial charge < -0.3 is 50.8 Å². The van der Waals surface area contributed by atoms with Crippen molar-refractivity contribution in [1.29, 1.82) is 0 Å². The molecule has 26 heteroatoms. The van der Waals surface area contributed by atoms with E-state index < -0.39 is 140 Å². The Kier molecular flexibility index (Phi) is 17.1. The summed E-state index contributed by atoms with van der Waals surface area (Å²) in [5.41, 5.74) is 12.8. The molecule has 0 bridgehead atoms. The molecule has 6 aliphatic rings. The number of hydrogen-bond acceptors (Lipinski definition) is 18. The number of esters is 4. The quantitative estimate of drug-likeness (QED) is 0.0466. The van der Waals surface area contributed by atoms with Crippen LogP contribution in [0.4, 0.5) is 9.59 Å². The van der Waals surface area contributed by atoms with Gasteiger partial charge in [0.1, 0.15) is 47.0 Å². The number of thioether (sulfide) groups is 2. The number of carbonyl (C=O) groups is 12. The highest BCUT2D eigenvalue weighted by molar-refractivity contribution is 8.02. The van der Waals surface area contributed by atoms with Gasteiger partial charge in [0.05, 0.1) is 11.1 Å². The molecule has 10 rings (SSSR count). The van der Waals surface area contributed by atoms with Gasteiger partial charge in [-0.2, -0.15) is 0 Å². The summed E-state index contributed by atoms with van der Waals surface area (Å²) in [7, 11) is 0. The van der Waals surface area contributed by atoms with E-state index >= 15 is 0 Å². The van der Waals surface area contributed by atoms with Gasteiger partial charge in [0.15, 0.2) is 0 Å². The van der Waals surface area contributed by atoms with Crippen molar-refractivity contribution in [2.45, 2.75) is 148 Å². The van der Waals surface area contributed by atoms with E-state index in [4.69, 9.17) is 30.4 Å². The number of unbranched alkanes of at least 4 members (excludes halogenated alkanes) is 5. The number of amides is 10. The molecule has 10 amide bonds. The average Bonchev–Trinajstić information content (AvgIpc) is 2.09. The molecule has 0 aromatic heterocycles. The van der Waals surface area contributed by atoms with Crippen LogP contribution in [-0.4, -0.2) is 135 Å². The number of fused-ring (bicyclic) bond motifs is 4. The molecule has 6 aliphatic heterocycles. The molecule has 6 N–H and O–H groups in total. The minimum absolute atomic E-state index is 0.216. The summed E-state index contributed by atoms with van der Waals surface area (Å²) in [6, 6.07) is 18.6. The summed E-state index contributed by atoms with van der Waals surface area (Å²) in [6.45, 7) is 6.84. The molecule has 4 saturated heterocycles. The summed E-state index contributed by atoms with van der Waals surface area (Å²) in [4.78, 5) is 169. The second kappa shape index (κ2) is 24.3. The van der Waals surface area contributed by atoms with Crippen LogP contribution in [0.25, 0.3) is 0 Å². The number of imide groups is 2. The van der Waals surface area contributed by atoms with Crippen molar-refractivity contribution < 1.29 is 76.5 Å². The Labute approximate surface area is 501 Å². The number of nitrogens with one attached hydrogen (secondary N) is 2. The first-order chi connectivity index (χ1) is 41.0. The van der Waals surface area contributed by atoms with Crippen molar-refractivity contribution in [3.63, 3.8) is 0 Å². The maximum Gasteiger partial charge on any atom is 0.342 e. The van der Waals surface area contributed by atoms with Crippen LogP contribution >= 0.6 is 23.5 Å². The van der Waals surface area contributed by atoms with Crippen LogP contribution in [0.5, 0.6) is 0 Å². The van der Waals surface area contributed by atoms with Crippen molar-refractivity contribution in [3.8, 4) is 0 Å². The SMILES string of the molecule is CC1(C)S[C@@H]2[C@H](N(C(=O)CCCCCCCCC(=O)N(C(=O)C(NC(N)=O)c3ccccc3)[C@@H]3C(=O)N4[C@@H]3SC(C)(C)[C@@H]4C(=O)OC3OC(=O)c4ccccc43)C(=O)C(NC(N)=O)c3ccccc3)C(=O)N2[C@H]1C(=O)OC1OC(=O)c2ccccc21. The Morgan fingerprint density at radius 3 is 1.22 bits per heavy atom. The zero-order valence-corrected chi connectivity index (χ0v) is 48.7. The van der Waals surface area contributed by atoms with Crippen molar-refractivity contribution in [1.82, 2.24) is 30.2 Å². The maximum absolute atomic E-state index is 14.7. The van der Waals surface area contributed by atoms with E-state index in [2.05, 4.69) is 10.6 Å². The van der Waals surface area contributed by atoms with E-state index in [-0.39, 0.29) is 47.9 Å². The molecule has 450 valence electrons. The lowest BCUT2D eigenvalue weighted by molar-refractivity contribution is -0.185. The van der Waals surface area contributed by atoms with Gasteiger partial charge in [-0.1, -0.05) is 123 Å². The van der Waals surface area contributed by atoms with Crippen molar-refractivity contribution in [2.24, 2.45) is 11.5 Å². The van der Waals surface area contributed by atoms with Gasteiger partial charge in [0.2, 0.25) is 11.8 Å². The fourth-order valence-corrected chi connectivity index (χ4v) is 15.3.